The zero-order valence-corrected chi connectivity index (χ0v) is 20.0. The molecule has 0 spiro atoms. The molecule has 0 bridgehead atoms. The van der Waals surface area contributed by atoms with Crippen LogP contribution in [0.1, 0.15) is 34.5 Å². The van der Waals surface area contributed by atoms with E-state index in [0.29, 0.717) is 52.9 Å². The van der Waals surface area contributed by atoms with Crippen LogP contribution >= 0.6 is 0 Å². The molecule has 0 aromatic carbocycles. The molecule has 13 nitrogen and oxygen atoms in total. The highest BCUT2D eigenvalue weighted by Crippen LogP contribution is 2.28. The third kappa shape index (κ3) is 4.24. The van der Waals surface area contributed by atoms with E-state index >= 15 is 0 Å². The minimum absolute atomic E-state index is 0.230. The van der Waals surface area contributed by atoms with Crippen LogP contribution < -0.4 is 9.47 Å². The highest BCUT2D eigenvalue weighted by molar-refractivity contribution is 5.56. The van der Waals surface area contributed by atoms with Crippen molar-refractivity contribution >= 4 is 5.65 Å². The maximum absolute atomic E-state index is 6.02. The molecule has 0 aliphatic carbocycles. The predicted molar refractivity (Wildman–Crippen MR) is 123 cm³/mol. The van der Waals surface area contributed by atoms with E-state index in [1.54, 1.807) is 30.7 Å². The highest BCUT2D eigenvalue weighted by atomic mass is 16.5. The van der Waals surface area contributed by atoms with Gasteiger partial charge in [-0.05, 0) is 18.6 Å². The van der Waals surface area contributed by atoms with Crippen molar-refractivity contribution in [3.63, 3.8) is 0 Å². The predicted octanol–water partition coefficient (Wildman–Crippen LogP) is 2.32. The van der Waals surface area contributed by atoms with Crippen LogP contribution in [0.4, 0.5) is 0 Å². The molecule has 0 saturated carbocycles. The summed E-state index contributed by atoms with van der Waals surface area (Å²) in [4.78, 5) is 7.09. The number of pyridine rings is 1. The van der Waals surface area contributed by atoms with Gasteiger partial charge in [0.25, 0.3) is 5.88 Å². The summed E-state index contributed by atoms with van der Waals surface area (Å²) in [5.41, 5.74) is 4.07. The van der Waals surface area contributed by atoms with Gasteiger partial charge in [-0.1, -0.05) is 11.2 Å². The first kappa shape index (κ1) is 22.1. The molecule has 0 radical (unpaired) electrons. The maximum Gasteiger partial charge on any atom is 0.275 e. The molecule has 0 amide bonds. The van der Waals surface area contributed by atoms with Gasteiger partial charge >= 0.3 is 0 Å². The highest BCUT2D eigenvalue weighted by Gasteiger charge is 2.21. The van der Waals surface area contributed by atoms with E-state index in [0.717, 1.165) is 30.9 Å². The van der Waals surface area contributed by atoms with Crippen molar-refractivity contribution in [2.24, 2.45) is 0 Å². The zero-order valence-electron chi connectivity index (χ0n) is 20.0. The number of ether oxygens (including phenoxy) is 2. The van der Waals surface area contributed by atoms with Crippen molar-refractivity contribution in [3.05, 3.63) is 58.8 Å². The second-order valence-electron chi connectivity index (χ2n) is 8.51. The van der Waals surface area contributed by atoms with Crippen molar-refractivity contribution < 1.29 is 18.4 Å². The Balaban J connectivity index is 1.18. The van der Waals surface area contributed by atoms with Crippen LogP contribution in [0.15, 0.2) is 33.2 Å². The van der Waals surface area contributed by atoms with Crippen LogP contribution in [0.2, 0.25) is 0 Å². The SMILES string of the molecule is COc1cc2nnc(-c3cc(C)on3)n2nc1OCc1ccc2c(n1)CCN(Cc1nnc(C)o1)C2. The molecule has 5 aromatic heterocycles. The number of methoxy groups -OCH3 is 1. The lowest BCUT2D eigenvalue weighted by Gasteiger charge is -2.27. The summed E-state index contributed by atoms with van der Waals surface area (Å²) >= 11 is 0. The first-order valence-corrected chi connectivity index (χ1v) is 11.4. The zero-order chi connectivity index (χ0) is 24.6. The Labute approximate surface area is 205 Å². The standard InChI is InChI=1S/C23H23N9O4/c1-13-8-18(30-36-13)22-28-26-20-9-19(33-3)23(29-32(20)22)34-12-16-5-4-15-10-31(7-6-17(15)24-16)11-21-27-25-14(2)35-21/h4-5,8-9H,6-7,10-12H2,1-3H3. The van der Waals surface area contributed by atoms with Crippen LogP contribution in [0.5, 0.6) is 11.6 Å². The second kappa shape index (κ2) is 9.00. The number of hydrogen-bond acceptors (Lipinski definition) is 12. The molecule has 6 rings (SSSR count). The van der Waals surface area contributed by atoms with Gasteiger partial charge in [-0.15, -0.1) is 25.5 Å². The quantitative estimate of drug-likeness (QED) is 0.331. The normalized spacial score (nSPS) is 13.8. The molecule has 1 aliphatic heterocycles. The van der Waals surface area contributed by atoms with Crippen LogP contribution in [0.3, 0.4) is 0 Å². The Hall–Kier alpha value is -4.39. The van der Waals surface area contributed by atoms with Gasteiger partial charge in [-0.2, -0.15) is 4.52 Å². The number of nitrogens with zero attached hydrogens (tertiary/aromatic N) is 9. The summed E-state index contributed by atoms with van der Waals surface area (Å²) in [6, 6.07) is 7.53. The molecular formula is C23H23N9O4. The number of hydrogen-bond donors (Lipinski definition) is 0. The Morgan fingerprint density at radius 3 is 2.78 bits per heavy atom. The molecule has 0 saturated heterocycles. The van der Waals surface area contributed by atoms with Crippen molar-refractivity contribution in [2.75, 3.05) is 13.7 Å². The van der Waals surface area contributed by atoms with Crippen LogP contribution in [-0.2, 0) is 26.1 Å². The first-order chi connectivity index (χ1) is 17.6. The maximum atomic E-state index is 6.02. The van der Waals surface area contributed by atoms with Gasteiger partial charge in [-0.25, -0.2) is 0 Å². The number of fused-ring (bicyclic) bond motifs is 2. The van der Waals surface area contributed by atoms with Crippen molar-refractivity contribution in [3.8, 4) is 23.1 Å². The summed E-state index contributed by atoms with van der Waals surface area (Å²) in [5, 5.41) is 24.9. The minimum Gasteiger partial charge on any atom is -0.491 e. The lowest BCUT2D eigenvalue weighted by atomic mass is 10.1. The van der Waals surface area contributed by atoms with Gasteiger partial charge < -0.3 is 18.4 Å². The van der Waals surface area contributed by atoms with Gasteiger partial charge in [0.05, 0.1) is 19.3 Å². The third-order valence-electron chi connectivity index (χ3n) is 5.87. The summed E-state index contributed by atoms with van der Waals surface area (Å²) in [7, 11) is 1.55. The van der Waals surface area contributed by atoms with Crippen LogP contribution in [-0.4, -0.2) is 58.7 Å². The van der Waals surface area contributed by atoms with Crippen molar-refractivity contribution in [1.82, 2.24) is 45.0 Å². The smallest absolute Gasteiger partial charge is 0.275 e. The number of aryl methyl sites for hydroxylation is 2. The van der Waals surface area contributed by atoms with Gasteiger partial charge in [0, 0.05) is 44.3 Å². The van der Waals surface area contributed by atoms with Crippen molar-refractivity contribution in [2.45, 2.75) is 40.0 Å². The van der Waals surface area contributed by atoms with Gasteiger partial charge in [-0.3, -0.25) is 9.88 Å². The number of rotatable bonds is 7. The largest absolute Gasteiger partial charge is 0.491 e. The van der Waals surface area contributed by atoms with Crippen molar-refractivity contribution in [1.29, 1.82) is 0 Å². The topological polar surface area (TPSA) is 143 Å². The van der Waals surface area contributed by atoms with E-state index in [9.17, 15) is 0 Å². The average Bonchev–Trinajstić information content (AvgIpc) is 3.61. The minimum atomic E-state index is 0.230. The fourth-order valence-corrected chi connectivity index (χ4v) is 4.15. The molecule has 5 aromatic rings. The van der Waals surface area contributed by atoms with Gasteiger partial charge in [0.1, 0.15) is 12.4 Å². The average molecular weight is 489 g/mol. The molecule has 0 atom stereocenters. The molecule has 184 valence electrons. The molecule has 0 fully saturated rings. The number of aromatic nitrogens is 8. The molecular weight excluding hydrogens is 466 g/mol. The first-order valence-electron chi connectivity index (χ1n) is 11.4. The fourth-order valence-electron chi connectivity index (χ4n) is 4.15. The van der Waals surface area contributed by atoms with Crippen LogP contribution in [0.25, 0.3) is 17.2 Å². The summed E-state index contributed by atoms with van der Waals surface area (Å²) in [6.45, 7) is 6.08. The Bertz CT molecular complexity index is 1540. The molecule has 0 N–H and O–H groups in total. The molecule has 13 heteroatoms. The third-order valence-corrected chi connectivity index (χ3v) is 5.87. The molecule has 1 aliphatic rings. The Morgan fingerprint density at radius 2 is 2.00 bits per heavy atom. The fraction of sp³-hybridized carbons (Fsp3) is 0.348. The molecule has 36 heavy (non-hydrogen) atoms. The van der Waals surface area contributed by atoms with E-state index in [1.807, 2.05) is 13.0 Å². The summed E-state index contributed by atoms with van der Waals surface area (Å²) in [6.07, 6.45) is 0.824. The Kier molecular flexibility index (Phi) is 5.52. The molecule has 6 heterocycles. The van der Waals surface area contributed by atoms with E-state index in [1.165, 1.54) is 5.56 Å². The lowest BCUT2D eigenvalue weighted by Crippen LogP contribution is -2.31. The van der Waals surface area contributed by atoms with E-state index in [-0.39, 0.29) is 6.61 Å². The van der Waals surface area contributed by atoms with E-state index in [4.69, 9.17) is 23.4 Å². The van der Waals surface area contributed by atoms with E-state index < -0.39 is 0 Å². The monoisotopic (exact) mass is 489 g/mol. The Morgan fingerprint density at radius 1 is 1.08 bits per heavy atom. The van der Waals surface area contributed by atoms with Crippen LogP contribution in [0, 0.1) is 13.8 Å². The van der Waals surface area contributed by atoms with E-state index in [2.05, 4.69) is 41.6 Å². The summed E-state index contributed by atoms with van der Waals surface area (Å²) in [5.74, 6) is 3.06. The van der Waals surface area contributed by atoms with Gasteiger partial charge in [0.2, 0.25) is 17.6 Å². The van der Waals surface area contributed by atoms with Gasteiger partial charge in [0.15, 0.2) is 17.1 Å². The lowest BCUT2D eigenvalue weighted by molar-refractivity contribution is 0.217. The second-order valence-corrected chi connectivity index (χ2v) is 8.51. The summed E-state index contributed by atoms with van der Waals surface area (Å²) < 4.78 is 23.7. The molecule has 0 unspecified atom stereocenters.